The van der Waals surface area contributed by atoms with Gasteiger partial charge in [0.1, 0.15) is 12.9 Å². The molecule has 3 aromatic rings. The van der Waals surface area contributed by atoms with E-state index in [9.17, 15) is 9.59 Å². The van der Waals surface area contributed by atoms with Gasteiger partial charge in [-0.3, -0.25) is 9.36 Å². The van der Waals surface area contributed by atoms with Crippen LogP contribution >= 0.6 is 0 Å². The van der Waals surface area contributed by atoms with Crippen LogP contribution in [0.25, 0.3) is 0 Å². The van der Waals surface area contributed by atoms with Gasteiger partial charge < -0.3 is 19.7 Å². The molecule has 2 heterocycles. The Balaban J connectivity index is 1.26. The SMILES string of the molecule is COc1cc(CNC(=O)C2CN(C(=O)n3ccnc3)C2)ccc1OCc1ccccc1. The maximum absolute atomic E-state index is 12.4. The first-order valence-electron chi connectivity index (χ1n) is 10.0. The monoisotopic (exact) mass is 420 g/mol. The normalized spacial score (nSPS) is 13.4. The second kappa shape index (κ2) is 9.34. The van der Waals surface area contributed by atoms with Gasteiger partial charge in [0.2, 0.25) is 5.91 Å². The average molecular weight is 420 g/mol. The fourth-order valence-electron chi connectivity index (χ4n) is 3.35. The van der Waals surface area contributed by atoms with Crippen LogP contribution in [0.15, 0.2) is 67.3 Å². The van der Waals surface area contributed by atoms with Crippen molar-refractivity contribution < 1.29 is 19.1 Å². The molecule has 0 aliphatic carbocycles. The lowest BCUT2D eigenvalue weighted by atomic mass is 9.99. The summed E-state index contributed by atoms with van der Waals surface area (Å²) in [5, 5.41) is 2.93. The minimum absolute atomic E-state index is 0.0712. The van der Waals surface area contributed by atoms with E-state index in [2.05, 4.69) is 10.3 Å². The molecule has 1 N–H and O–H groups in total. The van der Waals surface area contributed by atoms with Crippen LogP contribution in [-0.2, 0) is 17.9 Å². The van der Waals surface area contributed by atoms with Crippen molar-refractivity contribution in [2.45, 2.75) is 13.2 Å². The van der Waals surface area contributed by atoms with Gasteiger partial charge >= 0.3 is 6.03 Å². The molecule has 0 unspecified atom stereocenters. The number of hydrogen-bond donors (Lipinski definition) is 1. The van der Waals surface area contributed by atoms with Crippen molar-refractivity contribution in [2.75, 3.05) is 20.2 Å². The third-order valence-corrected chi connectivity index (χ3v) is 5.18. The Kier molecular flexibility index (Phi) is 6.16. The number of nitrogens with zero attached hydrogens (tertiary/aromatic N) is 3. The van der Waals surface area contributed by atoms with Crippen LogP contribution in [0.4, 0.5) is 4.79 Å². The number of likely N-dealkylation sites (tertiary alicyclic amines) is 1. The molecule has 0 spiro atoms. The number of imidazole rings is 1. The van der Waals surface area contributed by atoms with Crippen molar-refractivity contribution in [2.24, 2.45) is 5.92 Å². The van der Waals surface area contributed by atoms with E-state index in [4.69, 9.17) is 9.47 Å². The fourth-order valence-corrected chi connectivity index (χ4v) is 3.35. The Hall–Kier alpha value is -3.81. The predicted octanol–water partition coefficient (Wildman–Crippen LogP) is 2.69. The third-order valence-electron chi connectivity index (χ3n) is 5.18. The Morgan fingerprint density at radius 1 is 1.10 bits per heavy atom. The first kappa shape index (κ1) is 20.5. The molecule has 0 atom stereocenters. The van der Waals surface area contributed by atoms with E-state index in [1.165, 1.54) is 10.9 Å². The molecule has 2 amide bonds. The highest BCUT2D eigenvalue weighted by Gasteiger charge is 2.36. The number of nitrogens with one attached hydrogen (secondary N) is 1. The summed E-state index contributed by atoms with van der Waals surface area (Å²) in [4.78, 5) is 30.1. The minimum Gasteiger partial charge on any atom is -0.493 e. The van der Waals surface area contributed by atoms with Gasteiger partial charge in [-0.25, -0.2) is 9.78 Å². The van der Waals surface area contributed by atoms with Gasteiger partial charge in [0.25, 0.3) is 0 Å². The van der Waals surface area contributed by atoms with Gasteiger partial charge in [0.05, 0.1) is 13.0 Å². The van der Waals surface area contributed by atoms with Crippen LogP contribution in [0, 0.1) is 5.92 Å². The molecule has 1 fully saturated rings. The number of rotatable bonds is 7. The Labute approximate surface area is 180 Å². The number of hydrogen-bond acceptors (Lipinski definition) is 5. The molecule has 1 saturated heterocycles. The molecular weight excluding hydrogens is 396 g/mol. The first-order valence-corrected chi connectivity index (χ1v) is 10.0. The van der Waals surface area contributed by atoms with Crippen molar-refractivity contribution in [3.8, 4) is 11.5 Å². The first-order chi connectivity index (χ1) is 15.1. The maximum atomic E-state index is 12.4. The van der Waals surface area contributed by atoms with E-state index < -0.39 is 0 Å². The van der Waals surface area contributed by atoms with Gasteiger partial charge in [0, 0.05) is 32.0 Å². The topological polar surface area (TPSA) is 85.7 Å². The molecule has 0 saturated carbocycles. The Morgan fingerprint density at radius 3 is 2.61 bits per heavy atom. The summed E-state index contributed by atoms with van der Waals surface area (Å²) in [6.45, 7) is 1.63. The highest BCUT2D eigenvalue weighted by Crippen LogP contribution is 2.29. The smallest absolute Gasteiger partial charge is 0.329 e. The number of carbonyl (C=O) groups is 2. The lowest BCUT2D eigenvalue weighted by molar-refractivity contribution is -0.129. The molecule has 0 radical (unpaired) electrons. The lowest BCUT2D eigenvalue weighted by Crippen LogP contribution is -2.56. The van der Waals surface area contributed by atoms with Crippen molar-refractivity contribution in [1.82, 2.24) is 19.8 Å². The summed E-state index contributed by atoms with van der Waals surface area (Å²) >= 11 is 0. The van der Waals surface area contributed by atoms with Crippen LogP contribution in [0.2, 0.25) is 0 Å². The van der Waals surface area contributed by atoms with Crippen LogP contribution in [-0.4, -0.2) is 46.6 Å². The predicted molar refractivity (Wildman–Crippen MR) is 114 cm³/mol. The number of methoxy groups -OCH3 is 1. The second-order valence-corrected chi connectivity index (χ2v) is 7.33. The molecule has 4 rings (SSSR count). The fraction of sp³-hybridized carbons (Fsp3) is 0.261. The van der Waals surface area contributed by atoms with E-state index >= 15 is 0 Å². The quantitative estimate of drug-likeness (QED) is 0.635. The number of aromatic nitrogens is 2. The molecule has 0 bridgehead atoms. The summed E-state index contributed by atoms with van der Waals surface area (Å²) in [5.41, 5.74) is 1.98. The molecule has 31 heavy (non-hydrogen) atoms. The molecule has 8 heteroatoms. The number of ether oxygens (including phenoxy) is 2. The number of benzene rings is 2. The molecule has 1 aliphatic heterocycles. The summed E-state index contributed by atoms with van der Waals surface area (Å²) in [6.07, 6.45) is 4.60. The van der Waals surface area contributed by atoms with Crippen LogP contribution < -0.4 is 14.8 Å². The van der Waals surface area contributed by atoms with Gasteiger partial charge in [0.15, 0.2) is 11.5 Å². The summed E-state index contributed by atoms with van der Waals surface area (Å²) < 4.78 is 12.7. The van der Waals surface area contributed by atoms with Crippen molar-refractivity contribution >= 4 is 11.9 Å². The standard InChI is InChI=1S/C23H24N4O4/c1-30-21-11-18(7-8-20(21)31-15-17-5-3-2-4-6-17)12-25-22(28)19-13-27(14-19)23(29)26-10-9-24-16-26/h2-11,16,19H,12-15H2,1H3,(H,25,28). The number of carbonyl (C=O) groups excluding carboxylic acids is 2. The highest BCUT2D eigenvalue weighted by molar-refractivity contribution is 5.84. The molecule has 1 aromatic heterocycles. The van der Waals surface area contributed by atoms with Crippen LogP contribution in [0.1, 0.15) is 11.1 Å². The van der Waals surface area contributed by atoms with Crippen molar-refractivity contribution in [3.05, 3.63) is 78.4 Å². The molecule has 2 aromatic carbocycles. The summed E-state index contributed by atoms with van der Waals surface area (Å²) in [5.74, 6) is 0.985. The summed E-state index contributed by atoms with van der Waals surface area (Å²) in [6, 6.07) is 15.3. The van der Waals surface area contributed by atoms with Gasteiger partial charge in [-0.05, 0) is 23.3 Å². The maximum Gasteiger partial charge on any atom is 0.329 e. The van der Waals surface area contributed by atoms with E-state index in [1.807, 2.05) is 48.5 Å². The van der Waals surface area contributed by atoms with Crippen molar-refractivity contribution in [3.63, 3.8) is 0 Å². The minimum atomic E-state index is -0.206. The zero-order valence-electron chi connectivity index (χ0n) is 17.2. The van der Waals surface area contributed by atoms with Gasteiger partial charge in [-0.1, -0.05) is 36.4 Å². The number of amides is 2. The van der Waals surface area contributed by atoms with Gasteiger partial charge in [-0.15, -0.1) is 0 Å². The average Bonchev–Trinajstić information content (AvgIpc) is 3.31. The largest absolute Gasteiger partial charge is 0.493 e. The van der Waals surface area contributed by atoms with E-state index in [0.717, 1.165) is 11.1 Å². The molecular formula is C23H24N4O4. The van der Waals surface area contributed by atoms with Crippen molar-refractivity contribution in [1.29, 1.82) is 0 Å². The summed E-state index contributed by atoms with van der Waals surface area (Å²) in [7, 11) is 1.59. The zero-order chi connectivity index (χ0) is 21.6. The molecule has 1 aliphatic rings. The van der Waals surface area contributed by atoms with Crippen LogP contribution in [0.3, 0.4) is 0 Å². The van der Waals surface area contributed by atoms with E-state index in [-0.39, 0.29) is 17.9 Å². The lowest BCUT2D eigenvalue weighted by Gasteiger charge is -2.37. The van der Waals surface area contributed by atoms with Gasteiger partial charge in [-0.2, -0.15) is 0 Å². The Morgan fingerprint density at radius 2 is 1.90 bits per heavy atom. The van der Waals surface area contributed by atoms with Crippen LogP contribution in [0.5, 0.6) is 11.5 Å². The van der Waals surface area contributed by atoms with E-state index in [1.54, 1.807) is 24.4 Å². The van der Waals surface area contributed by atoms with E-state index in [0.29, 0.717) is 37.7 Å². The molecule has 8 nitrogen and oxygen atoms in total. The third kappa shape index (κ3) is 4.85. The highest BCUT2D eigenvalue weighted by atomic mass is 16.5. The zero-order valence-corrected chi connectivity index (χ0v) is 17.2. The second-order valence-electron chi connectivity index (χ2n) is 7.33. The molecule has 160 valence electrons. The Bertz CT molecular complexity index is 1030.